The Labute approximate surface area is 522 Å². The lowest BCUT2D eigenvalue weighted by Gasteiger charge is -2.36. The molecule has 0 radical (unpaired) electrons. The van der Waals surface area contributed by atoms with Crippen LogP contribution in [-0.4, -0.2) is 0 Å². The minimum Gasteiger partial charge on any atom is -0.310 e. The molecular weight excluding hydrogens is 1090 g/mol. The quantitative estimate of drug-likeness (QED) is 0.107. The summed E-state index contributed by atoms with van der Waals surface area (Å²) in [7, 11) is 0. The molecule has 0 N–H and O–H groups in total. The SMILES string of the molecule is C=Cc1ccc(C2(c3cc(C)ccc3C)c3ccccc3-c3ccc(N(c4ccc(-c5ccc(N(c6ccc(C)c(F)c6)c6ccc7c(c6)C(c6ccc(C=C)cc6)(c6cc(CC)ccc6C)c6ccccc6-7)cc5)cc4)c4ccc(C)c(F)c4)cc32)cc1. The lowest BCUT2D eigenvalue weighted by Crippen LogP contribution is -2.30. The van der Waals surface area contributed by atoms with Crippen LogP contribution < -0.4 is 9.80 Å². The topological polar surface area (TPSA) is 6.48 Å². The van der Waals surface area contributed by atoms with Gasteiger partial charge in [0, 0.05) is 34.1 Å². The third-order valence-corrected chi connectivity index (χ3v) is 19.1. The fourth-order valence-corrected chi connectivity index (χ4v) is 14.4. The van der Waals surface area contributed by atoms with E-state index in [9.17, 15) is 0 Å². The van der Waals surface area contributed by atoms with E-state index in [1.165, 1.54) is 72.3 Å². The van der Waals surface area contributed by atoms with Gasteiger partial charge in [0.2, 0.25) is 0 Å². The van der Waals surface area contributed by atoms with Crippen molar-refractivity contribution >= 4 is 46.3 Å². The zero-order valence-electron chi connectivity index (χ0n) is 51.2. The summed E-state index contributed by atoms with van der Waals surface area (Å²) in [6.45, 7) is 20.6. The van der Waals surface area contributed by atoms with Crippen molar-refractivity contribution in [3.05, 3.63) is 369 Å². The highest BCUT2D eigenvalue weighted by Gasteiger charge is 2.49. The molecular formula is C85H68F2N2. The van der Waals surface area contributed by atoms with Gasteiger partial charge in [-0.15, -0.1) is 0 Å². The highest BCUT2D eigenvalue weighted by atomic mass is 19.1. The molecule has 2 aliphatic carbocycles. The van der Waals surface area contributed by atoms with Crippen LogP contribution in [-0.2, 0) is 17.3 Å². The number of fused-ring (bicyclic) bond motifs is 6. The number of aryl methyl sites for hydroxylation is 6. The minimum atomic E-state index is -0.670. The third-order valence-electron chi connectivity index (χ3n) is 19.1. The van der Waals surface area contributed by atoms with E-state index in [-0.39, 0.29) is 11.6 Å². The van der Waals surface area contributed by atoms with Crippen LogP contribution in [0.15, 0.2) is 268 Å². The van der Waals surface area contributed by atoms with Crippen LogP contribution in [0.2, 0.25) is 0 Å². The molecule has 0 saturated carbocycles. The van der Waals surface area contributed by atoms with E-state index in [1.807, 2.05) is 36.4 Å². The van der Waals surface area contributed by atoms with Crippen molar-refractivity contribution in [3.63, 3.8) is 0 Å². The van der Waals surface area contributed by atoms with Gasteiger partial charge in [0.05, 0.1) is 10.8 Å². The fourth-order valence-electron chi connectivity index (χ4n) is 14.4. The van der Waals surface area contributed by atoms with E-state index in [4.69, 9.17) is 0 Å². The third kappa shape index (κ3) is 9.19. The van der Waals surface area contributed by atoms with Gasteiger partial charge in [0.25, 0.3) is 0 Å². The van der Waals surface area contributed by atoms with E-state index in [0.29, 0.717) is 22.5 Å². The second-order valence-electron chi connectivity index (χ2n) is 24.2. The van der Waals surface area contributed by atoms with Crippen molar-refractivity contribution in [2.24, 2.45) is 0 Å². The summed E-state index contributed by atoms with van der Waals surface area (Å²) in [6.07, 6.45) is 4.69. The van der Waals surface area contributed by atoms with Crippen LogP contribution in [0, 0.1) is 46.3 Å². The number of nitrogens with zero attached hydrogens (tertiary/aromatic N) is 2. The van der Waals surface area contributed by atoms with Crippen molar-refractivity contribution in [2.75, 3.05) is 9.80 Å². The van der Waals surface area contributed by atoms with Gasteiger partial charge in [-0.2, -0.15) is 0 Å². The standard InChI is InChI=1S/C85H68F2N2/c1-9-59-26-34-64(35-27-59)84(78-48-54(4)20-21-55(78)5)76-18-14-12-16-72(76)74-46-44-68(50-80(74)84)88(70-38-23-57(7)82(86)52-70)66-40-30-62(31-41-66)63-32-42-67(43-33-63)89(71-39-24-58(8)83(87)53-71)69-45-47-75-73-17-13-15-19-77(73)85(81(75)51-69,65-36-28-60(10-2)29-37-65)79-49-61(11-3)25-22-56(79)6/h9-10,12-53H,1-2,11H2,3-8H3. The molecule has 0 spiro atoms. The number of hydrogen-bond acceptors (Lipinski definition) is 2. The van der Waals surface area contributed by atoms with E-state index < -0.39 is 10.8 Å². The Morgan fingerprint density at radius 3 is 1.13 bits per heavy atom. The Morgan fingerprint density at radius 1 is 0.337 bits per heavy atom. The maximum atomic E-state index is 16.0. The number of benzene rings is 12. The van der Waals surface area contributed by atoms with Gasteiger partial charge in [-0.05, 0) is 231 Å². The van der Waals surface area contributed by atoms with Gasteiger partial charge >= 0.3 is 0 Å². The maximum absolute atomic E-state index is 16.0. The molecule has 2 nitrogen and oxygen atoms in total. The normalized spacial score (nSPS) is 15.2. The Bertz CT molecular complexity index is 4770. The first-order valence-corrected chi connectivity index (χ1v) is 30.8. The first-order chi connectivity index (χ1) is 43.3. The summed E-state index contributed by atoms with van der Waals surface area (Å²) in [5.41, 5.74) is 28.1. The molecule has 0 fully saturated rings. The van der Waals surface area contributed by atoms with Gasteiger partial charge in [0.1, 0.15) is 11.6 Å². The molecule has 0 aliphatic heterocycles. The molecule has 0 heterocycles. The predicted octanol–water partition coefficient (Wildman–Crippen LogP) is 22.7. The molecule has 0 amide bonds. The zero-order chi connectivity index (χ0) is 61.3. The van der Waals surface area contributed by atoms with E-state index in [1.54, 1.807) is 26.0 Å². The van der Waals surface area contributed by atoms with Crippen LogP contribution in [0.25, 0.3) is 45.5 Å². The summed E-state index contributed by atoms with van der Waals surface area (Å²) in [6, 6.07) is 90.8. The van der Waals surface area contributed by atoms with Crippen LogP contribution in [0.1, 0.15) is 95.9 Å². The molecule has 4 heteroatoms. The summed E-state index contributed by atoms with van der Waals surface area (Å²) in [5.74, 6) is -0.542. The minimum absolute atomic E-state index is 0.270. The first-order valence-electron chi connectivity index (χ1n) is 30.8. The van der Waals surface area contributed by atoms with Gasteiger partial charge < -0.3 is 9.80 Å². The smallest absolute Gasteiger partial charge is 0.128 e. The average molecular weight is 1160 g/mol. The highest BCUT2D eigenvalue weighted by molar-refractivity contribution is 5.92. The Hall–Kier alpha value is -10.4. The zero-order valence-corrected chi connectivity index (χ0v) is 51.2. The summed E-state index contributed by atoms with van der Waals surface area (Å²) < 4.78 is 32.0. The Balaban J connectivity index is 0.881. The van der Waals surface area contributed by atoms with Crippen molar-refractivity contribution in [3.8, 4) is 33.4 Å². The number of hydrogen-bond donors (Lipinski definition) is 0. The van der Waals surface area contributed by atoms with E-state index in [0.717, 1.165) is 68.1 Å². The molecule has 0 saturated heterocycles. The van der Waals surface area contributed by atoms with Crippen LogP contribution >= 0.6 is 0 Å². The Morgan fingerprint density at radius 2 is 0.708 bits per heavy atom. The molecule has 12 aromatic rings. The summed E-state index contributed by atoms with van der Waals surface area (Å²) in [5, 5.41) is 0. The van der Waals surface area contributed by atoms with Gasteiger partial charge in [0.15, 0.2) is 0 Å². The lowest BCUT2D eigenvalue weighted by molar-refractivity contribution is 0.618. The molecule has 89 heavy (non-hydrogen) atoms. The number of halogens is 2. The first kappa shape index (κ1) is 56.4. The monoisotopic (exact) mass is 1150 g/mol. The Kier molecular flexibility index (Phi) is 14.2. The lowest BCUT2D eigenvalue weighted by atomic mass is 9.66. The molecule has 432 valence electrons. The molecule has 0 aromatic heterocycles. The van der Waals surface area contributed by atoms with Gasteiger partial charge in [-0.3, -0.25) is 0 Å². The van der Waals surface area contributed by atoms with Crippen LogP contribution in [0.4, 0.5) is 42.9 Å². The van der Waals surface area contributed by atoms with Gasteiger partial charge in [-0.1, -0.05) is 220 Å². The largest absolute Gasteiger partial charge is 0.310 e. The van der Waals surface area contributed by atoms with Crippen molar-refractivity contribution in [1.82, 2.24) is 0 Å². The molecule has 12 aromatic carbocycles. The van der Waals surface area contributed by atoms with E-state index >= 15 is 8.78 Å². The molecule has 14 rings (SSSR count). The van der Waals surface area contributed by atoms with Gasteiger partial charge in [-0.25, -0.2) is 8.78 Å². The van der Waals surface area contributed by atoms with Crippen molar-refractivity contribution in [2.45, 2.75) is 58.8 Å². The van der Waals surface area contributed by atoms with Crippen molar-refractivity contribution in [1.29, 1.82) is 0 Å². The summed E-state index contributed by atoms with van der Waals surface area (Å²) in [4.78, 5) is 4.35. The predicted molar refractivity (Wildman–Crippen MR) is 369 cm³/mol. The maximum Gasteiger partial charge on any atom is 0.128 e. The molecule has 2 unspecified atom stereocenters. The van der Waals surface area contributed by atoms with E-state index in [2.05, 4.69) is 269 Å². The number of rotatable bonds is 14. The fraction of sp³-hybridized carbons (Fsp3) is 0.106. The average Bonchev–Trinajstić information content (AvgIpc) is 1.57. The van der Waals surface area contributed by atoms with Crippen molar-refractivity contribution < 1.29 is 8.78 Å². The summed E-state index contributed by atoms with van der Waals surface area (Å²) >= 11 is 0. The molecule has 2 aliphatic rings. The van der Waals surface area contributed by atoms with Crippen LogP contribution in [0.5, 0.6) is 0 Å². The van der Waals surface area contributed by atoms with Crippen LogP contribution in [0.3, 0.4) is 0 Å². The molecule has 0 bridgehead atoms. The highest BCUT2D eigenvalue weighted by Crippen LogP contribution is 2.60. The second-order valence-corrected chi connectivity index (χ2v) is 24.2. The number of anilines is 6. The second kappa shape index (κ2) is 22.4. The molecule has 2 atom stereocenters.